The normalized spacial score (nSPS) is 11.7. The second-order valence-electron chi connectivity index (χ2n) is 3.84. The van der Waals surface area contributed by atoms with E-state index in [1.54, 1.807) is 11.4 Å². The zero-order valence-corrected chi connectivity index (χ0v) is 11.8. The van der Waals surface area contributed by atoms with E-state index in [-0.39, 0.29) is 12.3 Å². The third kappa shape index (κ3) is 3.57. The molecule has 0 fully saturated rings. The van der Waals surface area contributed by atoms with E-state index in [4.69, 9.17) is 9.84 Å². The monoisotopic (exact) mass is 283 g/mol. The van der Waals surface area contributed by atoms with E-state index in [0.717, 1.165) is 0 Å². The van der Waals surface area contributed by atoms with E-state index in [0.29, 0.717) is 17.2 Å². The van der Waals surface area contributed by atoms with Gasteiger partial charge in [-0.3, -0.25) is 4.79 Å². The van der Waals surface area contributed by atoms with Crippen molar-refractivity contribution >= 4 is 23.2 Å². The lowest BCUT2D eigenvalue weighted by molar-refractivity contribution is -0.141. The van der Waals surface area contributed by atoms with Crippen molar-refractivity contribution in [1.29, 1.82) is 0 Å². The molecule has 0 radical (unpaired) electrons. The summed E-state index contributed by atoms with van der Waals surface area (Å²) >= 11 is 1.24. The van der Waals surface area contributed by atoms with E-state index in [2.05, 4.69) is 6.58 Å². The number of amides is 1. The molecule has 1 aromatic rings. The molecule has 0 bridgehead atoms. The molecule has 5 nitrogen and oxygen atoms in total. The molecule has 1 amide bonds. The quantitative estimate of drug-likeness (QED) is 0.779. The smallest absolute Gasteiger partial charge is 0.326 e. The molecule has 104 valence electrons. The zero-order valence-electron chi connectivity index (χ0n) is 11.0. The highest BCUT2D eigenvalue weighted by Crippen LogP contribution is 2.27. The highest BCUT2D eigenvalue weighted by Gasteiger charge is 2.28. The largest absolute Gasteiger partial charge is 0.492 e. The number of nitrogens with zero attached hydrogens (tertiary/aromatic N) is 1. The first-order valence-electron chi connectivity index (χ1n) is 5.84. The Morgan fingerprint density at radius 2 is 2.32 bits per heavy atom. The molecule has 1 atom stereocenters. The maximum absolute atomic E-state index is 12.3. The molecule has 0 saturated carbocycles. The fourth-order valence-corrected chi connectivity index (χ4v) is 2.42. The fourth-order valence-electron chi connectivity index (χ4n) is 1.61. The van der Waals surface area contributed by atoms with Gasteiger partial charge in [-0.25, -0.2) is 4.79 Å². The molecule has 0 aromatic carbocycles. The molecule has 0 spiro atoms. The lowest BCUT2D eigenvalue weighted by atomic mass is 10.1. The van der Waals surface area contributed by atoms with Crippen LogP contribution in [0.15, 0.2) is 24.1 Å². The molecule has 0 aliphatic carbocycles. The predicted octanol–water partition coefficient (Wildman–Crippen LogP) is 2.25. The van der Waals surface area contributed by atoms with Gasteiger partial charge in [-0.05, 0) is 24.8 Å². The predicted molar refractivity (Wildman–Crippen MR) is 73.8 cm³/mol. The van der Waals surface area contributed by atoms with Crippen LogP contribution in [0.1, 0.15) is 23.0 Å². The van der Waals surface area contributed by atoms with Gasteiger partial charge in [0, 0.05) is 7.05 Å². The number of hydrogen-bond acceptors (Lipinski definition) is 4. The van der Waals surface area contributed by atoms with Gasteiger partial charge < -0.3 is 14.7 Å². The fraction of sp³-hybridized carbons (Fsp3) is 0.385. The first-order chi connectivity index (χ1) is 9.02. The van der Waals surface area contributed by atoms with Crippen LogP contribution in [0.25, 0.3) is 0 Å². The second kappa shape index (κ2) is 6.94. The zero-order chi connectivity index (χ0) is 14.4. The van der Waals surface area contributed by atoms with Crippen molar-refractivity contribution in [3.63, 3.8) is 0 Å². The number of carbonyl (C=O) groups is 2. The molecule has 1 N–H and O–H groups in total. The van der Waals surface area contributed by atoms with Crippen LogP contribution < -0.4 is 4.74 Å². The van der Waals surface area contributed by atoms with E-state index >= 15 is 0 Å². The molecule has 6 heteroatoms. The second-order valence-corrected chi connectivity index (χ2v) is 4.76. The van der Waals surface area contributed by atoms with Gasteiger partial charge in [0.15, 0.2) is 0 Å². The minimum absolute atomic E-state index is 0.201. The number of thiophene rings is 1. The molecule has 19 heavy (non-hydrogen) atoms. The molecule has 0 aliphatic heterocycles. The van der Waals surface area contributed by atoms with Crippen LogP contribution >= 0.6 is 11.3 Å². The minimum Gasteiger partial charge on any atom is -0.492 e. The Bertz CT molecular complexity index is 469. The standard InChI is InChI=1S/C13H17NO4S/c1-4-6-9(13(16)17)14(3)12(15)11-10(18-5-2)7-8-19-11/h4,7-9H,1,5-6H2,2-3H3,(H,16,17). The number of aliphatic carboxylic acids is 1. The Kier molecular flexibility index (Phi) is 5.57. The van der Waals surface area contributed by atoms with Crippen molar-refractivity contribution in [3.8, 4) is 5.75 Å². The summed E-state index contributed by atoms with van der Waals surface area (Å²) in [5, 5.41) is 10.9. The minimum atomic E-state index is -1.05. The molecule has 1 rings (SSSR count). The first kappa shape index (κ1) is 15.2. The van der Waals surface area contributed by atoms with Crippen LogP contribution in [-0.2, 0) is 4.79 Å². The molecule has 0 aliphatic rings. The Hall–Kier alpha value is -1.82. The van der Waals surface area contributed by atoms with Crippen molar-refractivity contribution in [2.75, 3.05) is 13.7 Å². The van der Waals surface area contributed by atoms with Crippen molar-refractivity contribution in [2.45, 2.75) is 19.4 Å². The van der Waals surface area contributed by atoms with Crippen molar-refractivity contribution in [1.82, 2.24) is 4.90 Å². The van der Waals surface area contributed by atoms with Crippen LogP contribution in [0.5, 0.6) is 5.75 Å². The van der Waals surface area contributed by atoms with E-state index in [9.17, 15) is 9.59 Å². The highest BCUT2D eigenvalue weighted by molar-refractivity contribution is 7.12. The Morgan fingerprint density at radius 1 is 1.63 bits per heavy atom. The van der Waals surface area contributed by atoms with Gasteiger partial charge in [-0.2, -0.15) is 0 Å². The number of carboxylic acids is 1. The summed E-state index contributed by atoms with van der Waals surface area (Å²) in [7, 11) is 1.47. The lowest BCUT2D eigenvalue weighted by Crippen LogP contribution is -2.41. The number of likely N-dealkylation sites (N-methyl/N-ethyl adjacent to an activating group) is 1. The van der Waals surface area contributed by atoms with E-state index in [1.165, 1.54) is 29.4 Å². The SMILES string of the molecule is C=CCC(C(=O)O)N(C)C(=O)c1sccc1OCC. The maximum atomic E-state index is 12.3. The van der Waals surface area contributed by atoms with E-state index in [1.807, 2.05) is 6.92 Å². The summed E-state index contributed by atoms with van der Waals surface area (Å²) in [5.41, 5.74) is 0. The van der Waals surface area contributed by atoms with Gasteiger partial charge in [0.05, 0.1) is 6.61 Å². The summed E-state index contributed by atoms with van der Waals surface area (Å²) in [6.45, 7) is 5.79. The third-order valence-electron chi connectivity index (χ3n) is 2.59. The number of carboxylic acid groups (broad SMARTS) is 1. The lowest BCUT2D eigenvalue weighted by Gasteiger charge is -2.23. The van der Waals surface area contributed by atoms with Crippen molar-refractivity contribution < 1.29 is 19.4 Å². The summed E-state index contributed by atoms with van der Waals surface area (Å²) in [5.74, 6) is -0.912. The highest BCUT2D eigenvalue weighted by atomic mass is 32.1. The first-order valence-corrected chi connectivity index (χ1v) is 6.72. The molecule has 1 aromatic heterocycles. The maximum Gasteiger partial charge on any atom is 0.326 e. The van der Waals surface area contributed by atoms with Crippen molar-refractivity contribution in [2.24, 2.45) is 0 Å². The van der Waals surface area contributed by atoms with Crippen LogP contribution in [0.4, 0.5) is 0 Å². The number of carbonyl (C=O) groups excluding carboxylic acids is 1. The molecule has 1 unspecified atom stereocenters. The third-order valence-corrected chi connectivity index (χ3v) is 3.47. The topological polar surface area (TPSA) is 66.8 Å². The van der Waals surface area contributed by atoms with Gasteiger partial charge in [-0.15, -0.1) is 17.9 Å². The van der Waals surface area contributed by atoms with E-state index < -0.39 is 12.0 Å². The van der Waals surface area contributed by atoms with Crippen LogP contribution in [0, 0.1) is 0 Å². The number of ether oxygens (including phenoxy) is 1. The summed E-state index contributed by atoms with van der Waals surface area (Å²) in [6, 6.07) is 0.792. The molecular formula is C13H17NO4S. The summed E-state index contributed by atoms with van der Waals surface area (Å²) in [6.07, 6.45) is 1.69. The Balaban J connectivity index is 2.94. The summed E-state index contributed by atoms with van der Waals surface area (Å²) < 4.78 is 5.34. The average Bonchev–Trinajstić information content (AvgIpc) is 2.82. The van der Waals surface area contributed by atoms with Gasteiger partial charge >= 0.3 is 5.97 Å². The van der Waals surface area contributed by atoms with Crippen LogP contribution in [0.2, 0.25) is 0 Å². The number of hydrogen-bond donors (Lipinski definition) is 1. The van der Waals surface area contributed by atoms with Gasteiger partial charge in [-0.1, -0.05) is 6.08 Å². The van der Waals surface area contributed by atoms with Gasteiger partial charge in [0.1, 0.15) is 16.7 Å². The van der Waals surface area contributed by atoms with Crippen molar-refractivity contribution in [3.05, 3.63) is 29.0 Å². The molecular weight excluding hydrogens is 266 g/mol. The molecule has 0 saturated heterocycles. The average molecular weight is 283 g/mol. The van der Waals surface area contributed by atoms with Crippen LogP contribution in [-0.4, -0.2) is 41.6 Å². The molecule has 1 heterocycles. The summed E-state index contributed by atoms with van der Waals surface area (Å²) in [4.78, 5) is 25.0. The Labute approximate surface area is 116 Å². The van der Waals surface area contributed by atoms with Gasteiger partial charge in [0.2, 0.25) is 0 Å². The number of rotatable bonds is 7. The van der Waals surface area contributed by atoms with Gasteiger partial charge in [0.25, 0.3) is 5.91 Å². The Morgan fingerprint density at radius 3 is 2.84 bits per heavy atom. The van der Waals surface area contributed by atoms with Crippen LogP contribution in [0.3, 0.4) is 0 Å².